The Bertz CT molecular complexity index is 972. The van der Waals surface area contributed by atoms with Crippen molar-refractivity contribution in [2.75, 3.05) is 12.3 Å². The third-order valence-electron chi connectivity index (χ3n) is 3.71. The molecule has 0 saturated heterocycles. The topological polar surface area (TPSA) is 134 Å². The zero-order valence-corrected chi connectivity index (χ0v) is 13.7. The minimum atomic E-state index is -1.05. The summed E-state index contributed by atoms with van der Waals surface area (Å²) < 4.78 is 0. The summed E-state index contributed by atoms with van der Waals surface area (Å²) in [6.07, 6.45) is 0.291. The van der Waals surface area contributed by atoms with Crippen LogP contribution >= 0.6 is 0 Å². The van der Waals surface area contributed by atoms with Gasteiger partial charge in [-0.25, -0.2) is 9.97 Å². The Morgan fingerprint density at radius 2 is 1.96 bits per heavy atom. The predicted octanol–water partition coefficient (Wildman–Crippen LogP) is 0.877. The average Bonchev–Trinajstić information content (AvgIpc) is 2.66. The second-order valence-electron chi connectivity index (χ2n) is 5.55. The van der Waals surface area contributed by atoms with Gasteiger partial charge in [0.05, 0.1) is 11.3 Å². The van der Waals surface area contributed by atoms with Crippen molar-refractivity contribution in [3.8, 4) is 11.3 Å². The van der Waals surface area contributed by atoms with Crippen molar-refractivity contribution in [2.45, 2.75) is 6.10 Å². The van der Waals surface area contributed by atoms with E-state index in [1.165, 1.54) is 18.3 Å². The molecule has 0 spiro atoms. The maximum absolute atomic E-state index is 12.5. The number of pyridine rings is 1. The average molecular weight is 351 g/mol. The van der Waals surface area contributed by atoms with Crippen molar-refractivity contribution in [3.63, 3.8) is 0 Å². The molecule has 2 heterocycles. The molecule has 0 saturated carbocycles. The largest absolute Gasteiger partial charge is 0.385 e. The Labute approximate surface area is 148 Å². The van der Waals surface area contributed by atoms with E-state index in [4.69, 9.17) is 5.73 Å². The number of rotatable bonds is 5. The Morgan fingerprint density at radius 1 is 1.19 bits per heavy atom. The van der Waals surface area contributed by atoms with E-state index in [9.17, 15) is 14.7 Å². The van der Waals surface area contributed by atoms with Crippen LogP contribution in [0.4, 0.5) is 5.95 Å². The number of carbonyl (C=O) groups is 1. The van der Waals surface area contributed by atoms with Crippen LogP contribution in [0, 0.1) is 0 Å². The van der Waals surface area contributed by atoms with Crippen molar-refractivity contribution < 1.29 is 9.90 Å². The number of aromatic nitrogens is 3. The first kappa shape index (κ1) is 17.3. The van der Waals surface area contributed by atoms with Crippen LogP contribution in [-0.2, 0) is 0 Å². The highest BCUT2D eigenvalue weighted by molar-refractivity contribution is 5.99. The molecule has 132 valence electrons. The van der Waals surface area contributed by atoms with E-state index >= 15 is 0 Å². The first-order chi connectivity index (χ1) is 12.5. The number of benzene rings is 1. The van der Waals surface area contributed by atoms with E-state index in [1.54, 1.807) is 6.07 Å². The summed E-state index contributed by atoms with van der Waals surface area (Å²) in [6.45, 7) is -0.0859. The molecule has 1 aromatic carbocycles. The maximum atomic E-state index is 12.5. The van der Waals surface area contributed by atoms with Gasteiger partial charge in [-0.1, -0.05) is 36.4 Å². The van der Waals surface area contributed by atoms with E-state index < -0.39 is 12.0 Å². The number of aromatic amines is 1. The monoisotopic (exact) mass is 351 g/mol. The number of nitrogens with one attached hydrogen (secondary N) is 2. The number of aliphatic hydroxyl groups excluding tert-OH is 1. The SMILES string of the molecule is Nc1ncc(C(=O)NCC(O)c2cccc(=O)[nH]2)c(-c2ccccc2)n1. The summed E-state index contributed by atoms with van der Waals surface area (Å²) in [5.74, 6) is -0.400. The standard InChI is InChI=1S/C18H17N5O3/c19-18-21-9-12(16(23-18)11-5-2-1-3-6-11)17(26)20-10-14(24)13-7-4-8-15(25)22-13/h1-9,14,24H,10H2,(H,20,26)(H,22,25)(H2,19,21,23). The minimum Gasteiger partial charge on any atom is -0.385 e. The van der Waals surface area contributed by atoms with E-state index in [0.717, 1.165) is 5.56 Å². The zero-order chi connectivity index (χ0) is 18.5. The van der Waals surface area contributed by atoms with Gasteiger partial charge in [0.2, 0.25) is 11.5 Å². The molecule has 1 amide bonds. The lowest BCUT2D eigenvalue weighted by atomic mass is 10.1. The second kappa shape index (κ2) is 7.58. The van der Waals surface area contributed by atoms with Crippen LogP contribution in [0.15, 0.2) is 59.5 Å². The van der Waals surface area contributed by atoms with Crippen LogP contribution in [0.25, 0.3) is 11.3 Å². The normalized spacial score (nSPS) is 11.7. The van der Waals surface area contributed by atoms with Crippen LogP contribution in [0.2, 0.25) is 0 Å². The molecular weight excluding hydrogens is 334 g/mol. The molecule has 0 aliphatic heterocycles. The molecule has 8 nitrogen and oxygen atoms in total. The summed E-state index contributed by atoms with van der Waals surface area (Å²) in [5, 5.41) is 12.7. The van der Waals surface area contributed by atoms with Gasteiger partial charge in [0.1, 0.15) is 6.10 Å². The summed E-state index contributed by atoms with van der Waals surface area (Å²) >= 11 is 0. The van der Waals surface area contributed by atoms with Crippen LogP contribution in [-0.4, -0.2) is 32.5 Å². The second-order valence-corrected chi connectivity index (χ2v) is 5.55. The number of hydrogen-bond donors (Lipinski definition) is 4. The van der Waals surface area contributed by atoms with Gasteiger partial charge in [-0.2, -0.15) is 0 Å². The molecule has 3 rings (SSSR count). The highest BCUT2D eigenvalue weighted by Gasteiger charge is 2.17. The summed E-state index contributed by atoms with van der Waals surface area (Å²) in [5.41, 5.74) is 6.99. The van der Waals surface area contributed by atoms with Crippen LogP contribution in [0.5, 0.6) is 0 Å². The van der Waals surface area contributed by atoms with Crippen molar-refractivity contribution in [3.05, 3.63) is 76.3 Å². The fraction of sp³-hybridized carbons (Fsp3) is 0.111. The van der Waals surface area contributed by atoms with Gasteiger partial charge in [0, 0.05) is 30.1 Å². The van der Waals surface area contributed by atoms with E-state index in [0.29, 0.717) is 11.4 Å². The van der Waals surface area contributed by atoms with Crippen molar-refractivity contribution in [1.82, 2.24) is 20.3 Å². The third kappa shape index (κ3) is 3.93. The number of amides is 1. The molecular formula is C18H17N5O3. The van der Waals surface area contributed by atoms with Crippen LogP contribution in [0.3, 0.4) is 0 Å². The number of nitrogens with zero attached hydrogens (tertiary/aromatic N) is 2. The van der Waals surface area contributed by atoms with E-state index in [-0.39, 0.29) is 23.6 Å². The number of nitrogen functional groups attached to an aromatic ring is 1. The van der Waals surface area contributed by atoms with Crippen molar-refractivity contribution >= 4 is 11.9 Å². The molecule has 8 heteroatoms. The van der Waals surface area contributed by atoms with Gasteiger partial charge < -0.3 is 21.1 Å². The molecule has 3 aromatic rings. The van der Waals surface area contributed by atoms with Gasteiger partial charge in [-0.15, -0.1) is 0 Å². The molecule has 1 unspecified atom stereocenters. The van der Waals surface area contributed by atoms with E-state index in [1.807, 2.05) is 30.3 Å². The Kier molecular flexibility index (Phi) is 5.04. The Morgan fingerprint density at radius 3 is 2.69 bits per heavy atom. The lowest BCUT2D eigenvalue weighted by Gasteiger charge is -2.13. The highest BCUT2D eigenvalue weighted by Crippen LogP contribution is 2.21. The number of hydrogen-bond acceptors (Lipinski definition) is 6. The Hall–Kier alpha value is -3.52. The maximum Gasteiger partial charge on any atom is 0.255 e. The molecule has 0 fully saturated rings. The molecule has 5 N–H and O–H groups in total. The highest BCUT2D eigenvalue weighted by atomic mass is 16.3. The quantitative estimate of drug-likeness (QED) is 0.539. The number of H-pyrrole nitrogens is 1. The number of aliphatic hydroxyl groups is 1. The minimum absolute atomic E-state index is 0.0577. The molecule has 1 atom stereocenters. The van der Waals surface area contributed by atoms with Crippen molar-refractivity contribution in [1.29, 1.82) is 0 Å². The van der Waals surface area contributed by atoms with Gasteiger partial charge in [-0.05, 0) is 6.07 Å². The van der Waals surface area contributed by atoms with Crippen LogP contribution < -0.4 is 16.6 Å². The number of anilines is 1. The molecule has 0 bridgehead atoms. The lowest BCUT2D eigenvalue weighted by molar-refractivity contribution is 0.0914. The van der Waals surface area contributed by atoms with Gasteiger partial charge in [0.15, 0.2) is 0 Å². The fourth-order valence-corrected chi connectivity index (χ4v) is 2.43. The molecule has 0 aliphatic rings. The molecule has 26 heavy (non-hydrogen) atoms. The van der Waals surface area contributed by atoms with Crippen molar-refractivity contribution in [2.24, 2.45) is 0 Å². The number of nitrogens with two attached hydrogens (primary N) is 1. The third-order valence-corrected chi connectivity index (χ3v) is 3.71. The lowest BCUT2D eigenvalue weighted by Crippen LogP contribution is -2.30. The van der Waals surface area contributed by atoms with E-state index in [2.05, 4.69) is 20.3 Å². The summed E-state index contributed by atoms with van der Waals surface area (Å²) in [6, 6.07) is 13.6. The smallest absolute Gasteiger partial charge is 0.255 e. The van der Waals surface area contributed by atoms with Gasteiger partial charge in [0.25, 0.3) is 5.91 Å². The first-order valence-electron chi connectivity index (χ1n) is 7.88. The van der Waals surface area contributed by atoms with Crippen LogP contribution in [0.1, 0.15) is 22.2 Å². The first-order valence-corrected chi connectivity index (χ1v) is 7.88. The summed E-state index contributed by atoms with van der Waals surface area (Å²) in [4.78, 5) is 34.4. The molecule has 2 aromatic heterocycles. The van der Waals surface area contributed by atoms with Gasteiger partial charge >= 0.3 is 0 Å². The molecule has 0 aliphatic carbocycles. The van der Waals surface area contributed by atoms with Gasteiger partial charge in [-0.3, -0.25) is 9.59 Å². The fourth-order valence-electron chi connectivity index (χ4n) is 2.43. The zero-order valence-electron chi connectivity index (χ0n) is 13.7. The predicted molar refractivity (Wildman–Crippen MR) is 96.2 cm³/mol. The molecule has 0 radical (unpaired) electrons. The number of carbonyl (C=O) groups excluding carboxylic acids is 1. The summed E-state index contributed by atoms with van der Waals surface area (Å²) in [7, 11) is 0. The Balaban J connectivity index is 1.79.